The van der Waals surface area contributed by atoms with Gasteiger partial charge in [0.05, 0.1) is 62.2 Å². The fourth-order valence-corrected chi connectivity index (χ4v) is 10.0. The molecule has 0 spiro atoms. The predicted molar refractivity (Wildman–Crippen MR) is 268 cm³/mol. The molecule has 12 rings (SSSR count). The van der Waals surface area contributed by atoms with Gasteiger partial charge in [-0.3, -0.25) is 26.1 Å². The zero-order valence-corrected chi connectivity index (χ0v) is 39.7. The first-order chi connectivity index (χ1) is 32.8. The maximum absolute atomic E-state index is 12.3. The zero-order chi connectivity index (χ0) is 46.2. The van der Waals surface area contributed by atoms with Crippen LogP contribution in [0.3, 0.4) is 0 Å². The van der Waals surface area contributed by atoms with Crippen molar-refractivity contribution in [3.8, 4) is 11.5 Å². The average Bonchev–Trinajstić information content (AvgIpc) is 4.03. The van der Waals surface area contributed by atoms with Crippen LogP contribution >= 0.6 is 0 Å². The summed E-state index contributed by atoms with van der Waals surface area (Å²) in [6.07, 6.45) is 8.40. The third kappa shape index (κ3) is 11.0. The molecule has 4 bridgehead atoms. The maximum atomic E-state index is 12.3. The molecule has 0 aromatic heterocycles. The van der Waals surface area contributed by atoms with Crippen LogP contribution in [0, 0.1) is 5.41 Å². The molecule has 67 heavy (non-hydrogen) atoms. The largest absolute Gasteiger partial charge is 0.497 e. The first-order valence-electron chi connectivity index (χ1n) is 24.7. The van der Waals surface area contributed by atoms with Crippen molar-refractivity contribution >= 4 is 5.97 Å². The molecule has 2 heterocycles. The molecule has 4 N–H and O–H groups in total. The summed E-state index contributed by atoms with van der Waals surface area (Å²) in [5.74, 6) is 1.62. The van der Waals surface area contributed by atoms with Gasteiger partial charge >= 0.3 is 5.97 Å². The molecule has 8 heteroatoms. The van der Waals surface area contributed by atoms with Crippen molar-refractivity contribution in [1.29, 1.82) is 0 Å². The van der Waals surface area contributed by atoms with Crippen molar-refractivity contribution in [3.05, 3.63) is 201 Å². The van der Waals surface area contributed by atoms with E-state index in [1.165, 1.54) is 55.6 Å². The molecule has 0 saturated carbocycles. The molecule has 0 amide bonds. The number of carbonyl (C=O) groups excluding carboxylic acids is 1. The number of benzene rings is 6. The van der Waals surface area contributed by atoms with Gasteiger partial charge in [-0.15, -0.1) is 0 Å². The number of aryl methyl sites for hydroxylation is 4. The molecular weight excluding hydrogens is 829 g/mol. The van der Waals surface area contributed by atoms with Crippen molar-refractivity contribution in [2.24, 2.45) is 5.41 Å². The zero-order valence-electron chi connectivity index (χ0n) is 39.7. The molecule has 4 aliphatic carbocycles. The number of unbranched alkanes of at least 4 members (excludes halogenated alkanes) is 3. The summed E-state index contributed by atoms with van der Waals surface area (Å²) in [7, 11) is 1.72. The molecule has 2 aliphatic heterocycles. The van der Waals surface area contributed by atoms with E-state index in [0.717, 1.165) is 69.3 Å². The molecule has 2 saturated heterocycles. The van der Waals surface area contributed by atoms with E-state index in [2.05, 4.69) is 167 Å². The SMILES string of the molecule is CCC(C)(C)C(=O)OCCCCCCOc1ccc(C2NC(c3cc4ccc3CCc3ccc(cc3C3NC(c5ccccc5)C(c5ccccc5)N3)CC4)NC2c2ccc(OC)cc2)cc1. The van der Waals surface area contributed by atoms with Gasteiger partial charge in [0.25, 0.3) is 0 Å². The third-order valence-electron chi connectivity index (χ3n) is 14.5. The highest BCUT2D eigenvalue weighted by Crippen LogP contribution is 2.42. The van der Waals surface area contributed by atoms with Crippen LogP contribution in [0.2, 0.25) is 0 Å². The van der Waals surface area contributed by atoms with Gasteiger partial charge in [-0.25, -0.2) is 0 Å². The molecular formula is C59H68N4O4. The van der Waals surface area contributed by atoms with E-state index < -0.39 is 5.41 Å². The first-order valence-corrected chi connectivity index (χ1v) is 24.7. The minimum atomic E-state index is -0.416. The van der Waals surface area contributed by atoms with Gasteiger partial charge in [0, 0.05) is 0 Å². The van der Waals surface area contributed by atoms with Crippen molar-refractivity contribution in [1.82, 2.24) is 21.3 Å². The normalized spacial score (nSPS) is 21.4. The van der Waals surface area contributed by atoms with E-state index in [1.54, 1.807) is 7.11 Å². The first kappa shape index (κ1) is 46.3. The van der Waals surface area contributed by atoms with Crippen LogP contribution in [0.15, 0.2) is 146 Å². The summed E-state index contributed by atoms with van der Waals surface area (Å²) in [6, 6.07) is 53.6. The second kappa shape index (κ2) is 21.5. The Kier molecular flexibility index (Phi) is 14.8. The monoisotopic (exact) mass is 897 g/mol. The Morgan fingerprint density at radius 1 is 0.522 bits per heavy atom. The predicted octanol–water partition coefficient (Wildman–Crippen LogP) is 11.8. The number of esters is 1. The Hall–Kier alpha value is -5.77. The minimum absolute atomic E-state index is 0.0160. The second-order valence-electron chi connectivity index (χ2n) is 19.3. The number of hydrogen-bond acceptors (Lipinski definition) is 8. The van der Waals surface area contributed by atoms with Gasteiger partial charge in [-0.05, 0) is 152 Å². The van der Waals surface area contributed by atoms with Gasteiger partial charge in [0.2, 0.25) is 0 Å². The van der Waals surface area contributed by atoms with Crippen molar-refractivity contribution in [3.63, 3.8) is 0 Å². The van der Waals surface area contributed by atoms with Gasteiger partial charge in [0.1, 0.15) is 11.5 Å². The lowest BCUT2D eigenvalue weighted by atomic mass is 9.89. The van der Waals surface area contributed by atoms with Crippen LogP contribution in [0.4, 0.5) is 0 Å². The van der Waals surface area contributed by atoms with E-state index in [0.29, 0.717) is 13.2 Å². The molecule has 348 valence electrons. The number of carbonyl (C=O) groups is 1. The summed E-state index contributed by atoms with van der Waals surface area (Å²) in [5.41, 5.74) is 12.7. The fourth-order valence-electron chi connectivity index (χ4n) is 10.0. The van der Waals surface area contributed by atoms with Crippen LogP contribution in [0.25, 0.3) is 0 Å². The van der Waals surface area contributed by atoms with Gasteiger partial charge in [0.15, 0.2) is 0 Å². The second-order valence-corrected chi connectivity index (χ2v) is 19.3. The Balaban J connectivity index is 0.898. The smallest absolute Gasteiger partial charge is 0.311 e. The number of nitrogens with one attached hydrogen (secondary N) is 4. The summed E-state index contributed by atoms with van der Waals surface area (Å²) >= 11 is 0. The van der Waals surface area contributed by atoms with Gasteiger partial charge in [-0.2, -0.15) is 0 Å². The number of methoxy groups -OCH3 is 1. The van der Waals surface area contributed by atoms with E-state index in [4.69, 9.17) is 14.2 Å². The Morgan fingerprint density at radius 2 is 0.955 bits per heavy atom. The quantitative estimate of drug-likeness (QED) is 0.0531. The highest BCUT2D eigenvalue weighted by molar-refractivity contribution is 5.75. The van der Waals surface area contributed by atoms with Crippen molar-refractivity contribution < 1.29 is 19.0 Å². The lowest BCUT2D eigenvalue weighted by Crippen LogP contribution is -2.26. The number of ether oxygens (including phenoxy) is 3. The molecule has 0 radical (unpaired) electrons. The summed E-state index contributed by atoms with van der Waals surface area (Å²) < 4.78 is 17.3. The van der Waals surface area contributed by atoms with Crippen LogP contribution in [0.5, 0.6) is 11.5 Å². The van der Waals surface area contributed by atoms with Crippen LogP contribution in [-0.2, 0) is 35.2 Å². The average molecular weight is 897 g/mol. The van der Waals surface area contributed by atoms with Gasteiger partial charge in [-0.1, -0.05) is 128 Å². The molecule has 6 aliphatic rings. The van der Waals surface area contributed by atoms with Crippen molar-refractivity contribution in [2.45, 2.75) is 115 Å². The minimum Gasteiger partial charge on any atom is -0.497 e. The summed E-state index contributed by atoms with van der Waals surface area (Å²) in [4.78, 5) is 12.3. The number of hydrogen-bond donors (Lipinski definition) is 4. The molecule has 6 aromatic carbocycles. The standard InChI is InChI=1S/C59H68N4O4/c1-5-59(2,3)58(64)67-37-15-7-6-14-36-66-49-34-30-47(31-35-49)55-54(46-28-32-48(65-4)33-29-46)62-57(63-55)51-39-41-21-20-40-22-24-42(26-27-43(51)25-23-41)50(38-40)56-60-52(44-16-10-8-11-17-44)53(61-56)45-18-12-9-13-19-45/h8-13,16-19,22-25,28-35,38-39,52-57,60-63H,5-7,14-15,20-21,26-27,36-37H2,1-4H3. The highest BCUT2D eigenvalue weighted by atomic mass is 16.5. The molecule has 6 aromatic rings. The van der Waals surface area contributed by atoms with E-state index in [9.17, 15) is 4.79 Å². The lowest BCUT2D eigenvalue weighted by Gasteiger charge is -2.23. The summed E-state index contributed by atoms with van der Waals surface area (Å²) in [6.45, 7) is 7.04. The van der Waals surface area contributed by atoms with E-state index in [-0.39, 0.29) is 42.5 Å². The Morgan fingerprint density at radius 3 is 1.40 bits per heavy atom. The van der Waals surface area contributed by atoms with E-state index in [1.807, 2.05) is 20.8 Å². The topological polar surface area (TPSA) is 92.9 Å². The van der Waals surface area contributed by atoms with Crippen LogP contribution in [-0.4, -0.2) is 26.3 Å². The maximum Gasteiger partial charge on any atom is 0.311 e. The molecule has 5 atom stereocenters. The highest BCUT2D eigenvalue weighted by Gasteiger charge is 2.38. The van der Waals surface area contributed by atoms with Crippen LogP contribution < -0.4 is 30.7 Å². The summed E-state index contributed by atoms with van der Waals surface area (Å²) in [5, 5.41) is 16.3. The Labute approximate surface area is 398 Å². The molecule has 2 fully saturated rings. The van der Waals surface area contributed by atoms with Crippen molar-refractivity contribution in [2.75, 3.05) is 20.3 Å². The molecule has 8 nitrogen and oxygen atoms in total. The van der Waals surface area contributed by atoms with Crippen LogP contribution in [0.1, 0.15) is 145 Å². The number of rotatable bonds is 17. The molecule has 5 unspecified atom stereocenters. The van der Waals surface area contributed by atoms with Gasteiger partial charge < -0.3 is 14.2 Å². The third-order valence-corrected chi connectivity index (χ3v) is 14.5. The Bertz CT molecular complexity index is 2500. The van der Waals surface area contributed by atoms with E-state index >= 15 is 0 Å². The fraction of sp³-hybridized carbons (Fsp3) is 0.373. The lowest BCUT2D eigenvalue weighted by molar-refractivity contribution is -0.154.